The number of carbonyl (C=O) groups excluding carboxylic acids is 2. The molecule has 1 aliphatic carbocycles. The van der Waals surface area contributed by atoms with Crippen LogP contribution in [0.1, 0.15) is 58.0 Å². The number of nitrogens with zero attached hydrogens (tertiary/aromatic N) is 3. The summed E-state index contributed by atoms with van der Waals surface area (Å²) >= 11 is 0. The predicted octanol–water partition coefficient (Wildman–Crippen LogP) is 2.71. The van der Waals surface area contributed by atoms with Gasteiger partial charge in [-0.1, -0.05) is 0 Å². The Morgan fingerprint density at radius 1 is 1.32 bits per heavy atom. The molecule has 31 heavy (non-hydrogen) atoms. The van der Waals surface area contributed by atoms with Gasteiger partial charge in [-0.2, -0.15) is 4.98 Å². The Morgan fingerprint density at radius 2 is 2.03 bits per heavy atom. The Bertz CT molecular complexity index is 857. The summed E-state index contributed by atoms with van der Waals surface area (Å²) in [5.41, 5.74) is -0.835. The predicted molar refractivity (Wildman–Crippen MR) is 111 cm³/mol. The molecule has 0 radical (unpaired) electrons. The molecule has 172 valence electrons. The number of aryl methyl sites for hydroxylation is 2. The van der Waals surface area contributed by atoms with Crippen LogP contribution in [0.15, 0.2) is 0 Å². The number of carbonyl (C=O) groups is 2. The van der Waals surface area contributed by atoms with Crippen LogP contribution >= 0.6 is 0 Å². The molecule has 2 rings (SSSR count). The molecule has 1 aromatic rings. The highest BCUT2D eigenvalue weighted by atomic mass is 16.6. The van der Waals surface area contributed by atoms with Gasteiger partial charge in [0.2, 0.25) is 1.43 Å². The minimum absolute atomic E-state index is 0.105. The van der Waals surface area contributed by atoms with Crippen LogP contribution in [-0.2, 0) is 14.3 Å². The first-order valence-corrected chi connectivity index (χ1v) is 10.4. The highest BCUT2D eigenvalue weighted by Gasteiger charge is 2.44. The van der Waals surface area contributed by atoms with Gasteiger partial charge in [0.25, 0.3) is 5.88 Å². The lowest BCUT2D eigenvalue weighted by molar-refractivity contribution is -0.387. The molecule has 1 saturated carbocycles. The lowest BCUT2D eigenvalue weighted by Gasteiger charge is -2.19. The third kappa shape index (κ3) is 6.19. The van der Waals surface area contributed by atoms with Crippen LogP contribution in [0, 0.1) is 41.2 Å². The smallest absolute Gasteiger partial charge is 0.351 e. The Labute approximate surface area is 183 Å². The molecular weight excluding hydrogens is 406 g/mol. The number of ketones is 1. The number of aliphatic hydroxyl groups is 1. The standard InChI is InChI=1S/C21H31N3O7/c1-12-16(24(28)29)19(23-13(2)22-12)31-18-15(7-6-9-25)11-14(17(18)26)8-10-30-20(27)21(3,4)5/h14-15,18,25H,6-11H2,1-5H3/t14-,15-,18-/m0/s1/i25T. The SMILES string of the molecule is [3H]OCCC[C@H]1C[C@H](CCOC(=O)C(C)(C)C)C(=O)[C@H]1Oc1nc(C)nc(C)c1[N+](=O)[O-]. The number of aliphatic hydroxyl groups excluding tert-OH is 1. The lowest BCUT2D eigenvalue weighted by atomic mass is 9.97. The van der Waals surface area contributed by atoms with Gasteiger partial charge in [-0.05, 0) is 60.3 Å². The maximum Gasteiger partial charge on any atom is 0.351 e. The first-order valence-electron chi connectivity index (χ1n) is 10.8. The number of nitro groups is 1. The Balaban J connectivity index is 2.18. The van der Waals surface area contributed by atoms with Gasteiger partial charge in [0, 0.05) is 18.4 Å². The second-order valence-electron chi connectivity index (χ2n) is 8.92. The summed E-state index contributed by atoms with van der Waals surface area (Å²) in [7, 11) is 0. The summed E-state index contributed by atoms with van der Waals surface area (Å²) in [4.78, 5) is 44.1. The van der Waals surface area contributed by atoms with Gasteiger partial charge in [0.15, 0.2) is 11.9 Å². The van der Waals surface area contributed by atoms with Crippen molar-refractivity contribution in [2.45, 2.75) is 66.4 Å². The zero-order chi connectivity index (χ0) is 24.1. The maximum absolute atomic E-state index is 13.1. The minimum atomic E-state index is -0.920. The van der Waals surface area contributed by atoms with E-state index in [1.54, 1.807) is 27.7 Å². The molecule has 1 aliphatic rings. The zero-order valence-corrected chi connectivity index (χ0v) is 18.7. The third-order valence-electron chi connectivity index (χ3n) is 5.29. The van der Waals surface area contributed by atoms with E-state index in [0.29, 0.717) is 31.5 Å². The lowest BCUT2D eigenvalue weighted by Crippen LogP contribution is -2.31. The third-order valence-corrected chi connectivity index (χ3v) is 5.29. The second kappa shape index (κ2) is 10.1. The molecule has 10 nitrogen and oxygen atoms in total. The molecule has 0 aliphatic heterocycles. The van der Waals surface area contributed by atoms with E-state index < -0.39 is 22.4 Å². The summed E-state index contributed by atoms with van der Waals surface area (Å²) in [6.45, 7) is 8.65. The normalized spacial score (nSPS) is 21.6. The number of rotatable bonds is 10. The van der Waals surface area contributed by atoms with Crippen molar-refractivity contribution >= 4 is 17.4 Å². The molecule has 1 N–H and O–H groups in total. The van der Waals surface area contributed by atoms with Crippen LogP contribution in [0.5, 0.6) is 5.88 Å². The van der Waals surface area contributed by atoms with Crippen LogP contribution in [0.3, 0.4) is 0 Å². The van der Waals surface area contributed by atoms with Crippen LogP contribution in [0.4, 0.5) is 5.69 Å². The van der Waals surface area contributed by atoms with E-state index in [0.717, 1.165) is 0 Å². The topological polar surface area (TPSA) is 142 Å². The highest BCUT2D eigenvalue weighted by molar-refractivity contribution is 5.88. The minimum Gasteiger partial charge on any atom is -0.465 e. The molecule has 0 aromatic carbocycles. The largest absolute Gasteiger partial charge is 0.465 e. The Hall–Kier alpha value is -2.62. The average molecular weight is 440 g/mol. The van der Waals surface area contributed by atoms with Crippen molar-refractivity contribution in [1.29, 1.82) is 1.43 Å². The molecule has 0 amide bonds. The first kappa shape index (κ1) is 23.1. The van der Waals surface area contributed by atoms with Gasteiger partial charge in [0.05, 0.1) is 16.9 Å². The van der Waals surface area contributed by atoms with Crippen molar-refractivity contribution < 1.29 is 29.1 Å². The van der Waals surface area contributed by atoms with Gasteiger partial charge in [0.1, 0.15) is 11.5 Å². The summed E-state index contributed by atoms with van der Waals surface area (Å²) < 4.78 is 18.0. The van der Waals surface area contributed by atoms with Gasteiger partial charge < -0.3 is 14.6 Å². The van der Waals surface area contributed by atoms with E-state index in [1.165, 1.54) is 6.92 Å². The molecule has 1 aromatic heterocycles. The van der Waals surface area contributed by atoms with E-state index in [2.05, 4.69) is 15.1 Å². The molecule has 0 unspecified atom stereocenters. The number of esters is 1. The summed E-state index contributed by atoms with van der Waals surface area (Å²) in [6, 6.07) is 0. The number of hydrogen-bond acceptors (Lipinski definition) is 9. The molecule has 1 heterocycles. The molecule has 10 heteroatoms. The monoisotopic (exact) mass is 439 g/mol. The van der Waals surface area contributed by atoms with E-state index in [-0.39, 0.29) is 48.1 Å². The number of ether oxygens (including phenoxy) is 2. The van der Waals surface area contributed by atoms with Crippen LogP contribution in [0.25, 0.3) is 0 Å². The first-order chi connectivity index (χ1) is 15.0. The highest BCUT2D eigenvalue weighted by Crippen LogP contribution is 2.38. The summed E-state index contributed by atoms with van der Waals surface area (Å²) in [5.74, 6) is -1.09. The van der Waals surface area contributed by atoms with E-state index >= 15 is 0 Å². The fourth-order valence-electron chi connectivity index (χ4n) is 3.70. The van der Waals surface area contributed by atoms with Crippen molar-refractivity contribution in [3.05, 3.63) is 21.6 Å². The van der Waals surface area contributed by atoms with E-state index in [4.69, 9.17) is 10.9 Å². The van der Waals surface area contributed by atoms with Gasteiger partial charge in [-0.3, -0.25) is 19.7 Å². The molecule has 1 fully saturated rings. The van der Waals surface area contributed by atoms with Crippen molar-refractivity contribution in [3.8, 4) is 5.88 Å². The summed E-state index contributed by atoms with van der Waals surface area (Å²) in [6.07, 6.45) is 0.999. The van der Waals surface area contributed by atoms with Gasteiger partial charge in [-0.15, -0.1) is 0 Å². The molecule has 3 atom stereocenters. The van der Waals surface area contributed by atoms with Crippen molar-refractivity contribution in [3.63, 3.8) is 0 Å². The average Bonchev–Trinajstić information content (AvgIpc) is 2.95. The van der Waals surface area contributed by atoms with Crippen molar-refractivity contribution in [1.82, 2.24) is 9.97 Å². The summed E-state index contributed by atoms with van der Waals surface area (Å²) in [5, 5.41) is 15.9. The Morgan fingerprint density at radius 3 is 2.65 bits per heavy atom. The fourth-order valence-corrected chi connectivity index (χ4v) is 3.70. The fraction of sp³-hybridized carbons (Fsp3) is 0.714. The number of Topliss-reactive ketones (excluding diaryl/α,β-unsaturated/α-hetero) is 1. The van der Waals surface area contributed by atoms with Crippen molar-refractivity contribution in [2.75, 3.05) is 13.2 Å². The molecule has 0 bridgehead atoms. The van der Waals surface area contributed by atoms with Crippen LogP contribution in [0.2, 0.25) is 0 Å². The van der Waals surface area contributed by atoms with Gasteiger partial charge in [-0.25, -0.2) is 4.98 Å². The molecule has 0 saturated heterocycles. The van der Waals surface area contributed by atoms with Crippen LogP contribution in [-0.4, -0.2) is 52.5 Å². The van der Waals surface area contributed by atoms with Crippen molar-refractivity contribution in [2.24, 2.45) is 17.3 Å². The number of hydrogen-bond donors (Lipinski definition) is 1. The quantitative estimate of drug-likeness (QED) is 0.252. The number of aromatic nitrogens is 2. The van der Waals surface area contributed by atoms with Crippen LogP contribution < -0.4 is 4.74 Å². The second-order valence-corrected chi connectivity index (χ2v) is 8.92. The van der Waals surface area contributed by atoms with E-state index in [1.807, 2.05) is 0 Å². The molecule has 0 spiro atoms. The zero-order valence-electron chi connectivity index (χ0n) is 19.7. The molecular formula is C21H31N3O7. The Kier molecular flexibility index (Phi) is 7.53. The van der Waals surface area contributed by atoms with E-state index in [9.17, 15) is 19.7 Å². The van der Waals surface area contributed by atoms with Gasteiger partial charge >= 0.3 is 11.7 Å². The maximum atomic E-state index is 13.1.